The van der Waals surface area contributed by atoms with Gasteiger partial charge in [-0.3, -0.25) is 4.79 Å². The van der Waals surface area contributed by atoms with Gasteiger partial charge in [-0.2, -0.15) is 0 Å². The highest BCUT2D eigenvalue weighted by Crippen LogP contribution is 2.17. The number of carbonyl (C=O) groups excluding carboxylic acids is 1. The van der Waals surface area contributed by atoms with Crippen molar-refractivity contribution in [2.75, 3.05) is 49.6 Å². The van der Waals surface area contributed by atoms with E-state index in [1.54, 1.807) is 0 Å². The Morgan fingerprint density at radius 3 is 2.36 bits per heavy atom. The highest BCUT2D eigenvalue weighted by atomic mass is 32.1. The third-order valence-corrected chi connectivity index (χ3v) is 4.19. The molecule has 0 radical (unpaired) electrons. The number of benzene rings is 1. The first kappa shape index (κ1) is 16.7. The average Bonchev–Trinajstić information content (AvgIpc) is 2.57. The number of nitrogens with zero attached hydrogens (tertiary/aromatic N) is 2. The molecule has 1 aliphatic heterocycles. The van der Waals surface area contributed by atoms with Crippen molar-refractivity contribution in [1.82, 2.24) is 4.90 Å². The second-order valence-electron chi connectivity index (χ2n) is 5.08. The van der Waals surface area contributed by atoms with Crippen LogP contribution in [0.2, 0.25) is 0 Å². The summed E-state index contributed by atoms with van der Waals surface area (Å²) in [5.74, 6) is -0.229. The molecule has 1 fully saturated rings. The standard InChI is InChI=1S/C16H23N3O2S/c1-3-18(4-2)14-7-5-13(6-8-14)17-15(20)16(22)19-9-11-21-12-10-19/h5-8H,3-4,9-12H2,1-2H3,(H,17,20). The lowest BCUT2D eigenvalue weighted by Crippen LogP contribution is -2.44. The van der Waals surface area contributed by atoms with Crippen LogP contribution in [0.4, 0.5) is 11.4 Å². The molecule has 2 rings (SSSR count). The molecular formula is C16H23N3O2S. The van der Waals surface area contributed by atoms with Crippen LogP contribution in [0.5, 0.6) is 0 Å². The van der Waals surface area contributed by atoms with Gasteiger partial charge in [-0.25, -0.2) is 0 Å². The minimum absolute atomic E-state index is 0.229. The quantitative estimate of drug-likeness (QED) is 0.861. The number of morpholine rings is 1. The fourth-order valence-corrected chi connectivity index (χ4v) is 2.67. The SMILES string of the molecule is CCN(CC)c1ccc(NC(=O)C(=S)N2CCOCC2)cc1. The van der Waals surface area contributed by atoms with Gasteiger partial charge in [0.25, 0.3) is 5.91 Å². The van der Waals surface area contributed by atoms with Gasteiger partial charge >= 0.3 is 0 Å². The van der Waals surface area contributed by atoms with Crippen molar-refractivity contribution in [3.63, 3.8) is 0 Å². The maximum Gasteiger partial charge on any atom is 0.283 e. The molecule has 1 amide bonds. The molecule has 0 aromatic heterocycles. The van der Waals surface area contributed by atoms with Crippen LogP contribution < -0.4 is 10.2 Å². The van der Waals surface area contributed by atoms with E-state index >= 15 is 0 Å². The molecule has 22 heavy (non-hydrogen) atoms. The molecule has 0 aliphatic carbocycles. The molecule has 1 aromatic carbocycles. The second kappa shape index (κ2) is 8.10. The normalized spacial score (nSPS) is 14.5. The fourth-order valence-electron chi connectivity index (χ4n) is 2.44. The van der Waals surface area contributed by atoms with Crippen molar-refractivity contribution < 1.29 is 9.53 Å². The van der Waals surface area contributed by atoms with Crippen LogP contribution in [0.1, 0.15) is 13.8 Å². The van der Waals surface area contributed by atoms with Gasteiger partial charge in [0.2, 0.25) is 0 Å². The zero-order valence-corrected chi connectivity index (χ0v) is 14.0. The lowest BCUT2D eigenvalue weighted by Gasteiger charge is -2.28. The Bertz CT molecular complexity index is 509. The summed E-state index contributed by atoms with van der Waals surface area (Å²) >= 11 is 5.25. The molecule has 120 valence electrons. The molecule has 1 heterocycles. The van der Waals surface area contributed by atoms with Gasteiger partial charge in [-0.05, 0) is 38.1 Å². The van der Waals surface area contributed by atoms with E-state index in [0.717, 1.165) is 24.5 Å². The molecule has 1 aromatic rings. The van der Waals surface area contributed by atoms with Crippen molar-refractivity contribution in [3.8, 4) is 0 Å². The Morgan fingerprint density at radius 1 is 1.23 bits per heavy atom. The second-order valence-corrected chi connectivity index (χ2v) is 5.46. The smallest absolute Gasteiger partial charge is 0.283 e. The molecule has 0 bridgehead atoms. The summed E-state index contributed by atoms with van der Waals surface area (Å²) in [5.41, 5.74) is 1.91. The van der Waals surface area contributed by atoms with Gasteiger partial charge in [0.05, 0.1) is 13.2 Å². The molecule has 0 unspecified atom stereocenters. The Labute approximate surface area is 137 Å². The Hall–Kier alpha value is -1.66. The Kier molecular flexibility index (Phi) is 6.15. The molecule has 1 saturated heterocycles. The van der Waals surface area contributed by atoms with Crippen LogP contribution >= 0.6 is 12.2 Å². The van der Waals surface area contributed by atoms with Crippen LogP contribution in [-0.2, 0) is 9.53 Å². The molecule has 0 atom stereocenters. The average molecular weight is 321 g/mol. The predicted molar refractivity (Wildman–Crippen MR) is 93.6 cm³/mol. The van der Waals surface area contributed by atoms with Gasteiger partial charge in [0.15, 0.2) is 4.99 Å². The molecule has 1 aliphatic rings. The summed E-state index contributed by atoms with van der Waals surface area (Å²) in [6.45, 7) is 8.75. The number of nitrogens with one attached hydrogen (secondary N) is 1. The van der Waals surface area contributed by atoms with Crippen molar-refractivity contribution in [3.05, 3.63) is 24.3 Å². The minimum Gasteiger partial charge on any atom is -0.378 e. The molecule has 0 saturated carbocycles. The Balaban J connectivity index is 1.95. The van der Waals surface area contributed by atoms with Crippen LogP contribution in [0.25, 0.3) is 0 Å². The van der Waals surface area contributed by atoms with Gasteiger partial charge in [-0.15, -0.1) is 0 Å². The predicted octanol–water partition coefficient (Wildman–Crippen LogP) is 2.13. The highest BCUT2D eigenvalue weighted by molar-refractivity contribution is 7.82. The van der Waals surface area contributed by atoms with E-state index < -0.39 is 0 Å². The molecular weight excluding hydrogens is 298 g/mol. The van der Waals surface area contributed by atoms with Gasteiger partial charge in [0, 0.05) is 37.6 Å². The van der Waals surface area contributed by atoms with Crippen molar-refractivity contribution in [2.45, 2.75) is 13.8 Å². The molecule has 1 N–H and O–H groups in total. The zero-order valence-electron chi connectivity index (χ0n) is 13.2. The summed E-state index contributed by atoms with van der Waals surface area (Å²) in [6.07, 6.45) is 0. The van der Waals surface area contributed by atoms with Crippen LogP contribution in [0.3, 0.4) is 0 Å². The fraction of sp³-hybridized carbons (Fsp3) is 0.500. The lowest BCUT2D eigenvalue weighted by atomic mass is 10.2. The summed E-state index contributed by atoms with van der Waals surface area (Å²) in [4.78, 5) is 16.7. The summed E-state index contributed by atoms with van der Waals surface area (Å²) in [7, 11) is 0. The topological polar surface area (TPSA) is 44.8 Å². The Morgan fingerprint density at radius 2 is 1.82 bits per heavy atom. The number of thiocarbonyl (C=S) groups is 1. The van der Waals surface area contributed by atoms with Gasteiger partial charge in [0.1, 0.15) is 0 Å². The van der Waals surface area contributed by atoms with Crippen molar-refractivity contribution >= 4 is 34.5 Å². The summed E-state index contributed by atoms with van der Waals surface area (Å²) in [6, 6.07) is 7.85. The van der Waals surface area contributed by atoms with E-state index in [1.807, 2.05) is 29.2 Å². The number of anilines is 2. The van der Waals surface area contributed by atoms with E-state index in [0.29, 0.717) is 31.3 Å². The number of carbonyl (C=O) groups is 1. The van der Waals surface area contributed by atoms with E-state index in [9.17, 15) is 4.79 Å². The monoisotopic (exact) mass is 321 g/mol. The summed E-state index contributed by atoms with van der Waals surface area (Å²) < 4.78 is 5.27. The van der Waals surface area contributed by atoms with Crippen LogP contribution in [0, 0.1) is 0 Å². The highest BCUT2D eigenvalue weighted by Gasteiger charge is 2.19. The van der Waals surface area contributed by atoms with Crippen molar-refractivity contribution in [2.24, 2.45) is 0 Å². The minimum atomic E-state index is -0.229. The van der Waals surface area contributed by atoms with E-state index in [-0.39, 0.29) is 5.91 Å². The van der Waals surface area contributed by atoms with E-state index in [4.69, 9.17) is 17.0 Å². The van der Waals surface area contributed by atoms with Crippen LogP contribution in [0.15, 0.2) is 24.3 Å². The molecule has 0 spiro atoms. The summed E-state index contributed by atoms with van der Waals surface area (Å²) in [5, 5.41) is 2.86. The van der Waals surface area contributed by atoms with Crippen molar-refractivity contribution in [1.29, 1.82) is 0 Å². The van der Waals surface area contributed by atoms with Gasteiger partial charge in [-0.1, -0.05) is 12.2 Å². The first-order chi connectivity index (χ1) is 10.7. The maximum atomic E-state index is 12.2. The number of hydrogen-bond donors (Lipinski definition) is 1. The third kappa shape index (κ3) is 4.18. The zero-order chi connectivity index (χ0) is 15.9. The number of ether oxygens (including phenoxy) is 1. The van der Waals surface area contributed by atoms with E-state index in [1.165, 1.54) is 0 Å². The van der Waals surface area contributed by atoms with Crippen LogP contribution in [-0.4, -0.2) is 55.2 Å². The van der Waals surface area contributed by atoms with E-state index in [2.05, 4.69) is 24.1 Å². The largest absolute Gasteiger partial charge is 0.378 e. The number of rotatable bonds is 4. The first-order valence-corrected chi connectivity index (χ1v) is 8.09. The first-order valence-electron chi connectivity index (χ1n) is 7.68. The molecule has 5 nitrogen and oxygen atoms in total. The maximum absolute atomic E-state index is 12.2. The third-order valence-electron chi connectivity index (χ3n) is 3.75. The lowest BCUT2D eigenvalue weighted by molar-refractivity contribution is -0.111. The molecule has 6 heteroatoms. The van der Waals surface area contributed by atoms with Gasteiger partial charge < -0.3 is 19.9 Å². The number of amides is 1. The number of hydrogen-bond acceptors (Lipinski definition) is 4.